The van der Waals surface area contributed by atoms with E-state index in [4.69, 9.17) is 14.2 Å². The molecule has 1 atom stereocenters. The Morgan fingerprint density at radius 3 is 0.762 bits per heavy atom. The van der Waals surface area contributed by atoms with Crippen LogP contribution >= 0.6 is 0 Å². The van der Waals surface area contributed by atoms with E-state index in [0.29, 0.717) is 19.3 Å². The van der Waals surface area contributed by atoms with E-state index in [9.17, 15) is 14.4 Å². The Morgan fingerprint density at radius 2 is 0.487 bits per heavy atom. The zero-order valence-electron chi connectivity index (χ0n) is 51.8. The molecule has 0 aromatic rings. The first kappa shape index (κ1) is 75.3. The molecule has 0 bridgehead atoms. The lowest BCUT2D eigenvalue weighted by atomic mass is 10.1. The standard InChI is InChI=1S/C74H120O6/c1-4-7-10-13-16-19-22-24-26-28-30-32-34-35-36-37-38-39-41-42-44-46-48-50-52-55-58-61-64-67-73(76)79-70-71(69-78-72(75)66-63-60-57-54-21-18-15-12-9-6-3)80-74(77)68-65-62-59-56-53-51-49-47-45-43-40-33-31-29-27-25-23-20-17-14-11-8-5-2/h7-8,10-11,16-17,19-20,24-27,30-33,35-36,38-39,42-45,71H,4-6,9,12-15,18,21-23,28-29,34,37,40-41,46-70H2,1-3H3/b10-7-,11-8-,19-16-,20-17-,26-24-,27-25-,32-30-,33-31-,36-35-,39-38-,44-42-,45-43-. The molecule has 0 N–H and O–H groups in total. The van der Waals surface area contributed by atoms with Gasteiger partial charge in [-0.3, -0.25) is 14.4 Å². The number of ether oxygens (including phenoxy) is 3. The van der Waals surface area contributed by atoms with Crippen LogP contribution in [0.15, 0.2) is 146 Å². The minimum Gasteiger partial charge on any atom is -0.462 e. The molecule has 0 saturated carbocycles. The number of hydrogen-bond acceptors (Lipinski definition) is 6. The molecule has 0 amide bonds. The maximum Gasteiger partial charge on any atom is 0.306 e. The summed E-state index contributed by atoms with van der Waals surface area (Å²) >= 11 is 0. The molecule has 452 valence electrons. The zero-order chi connectivity index (χ0) is 57.8. The van der Waals surface area contributed by atoms with E-state index >= 15 is 0 Å². The van der Waals surface area contributed by atoms with Crippen molar-refractivity contribution >= 4 is 17.9 Å². The molecule has 0 radical (unpaired) electrons. The van der Waals surface area contributed by atoms with E-state index in [1.165, 1.54) is 96.3 Å². The first-order valence-electron chi connectivity index (χ1n) is 32.8. The number of carbonyl (C=O) groups excluding carboxylic acids is 3. The van der Waals surface area contributed by atoms with Crippen LogP contribution in [0.5, 0.6) is 0 Å². The van der Waals surface area contributed by atoms with Crippen molar-refractivity contribution in [1.82, 2.24) is 0 Å². The van der Waals surface area contributed by atoms with Crippen molar-refractivity contribution in [3.8, 4) is 0 Å². The van der Waals surface area contributed by atoms with Gasteiger partial charge >= 0.3 is 17.9 Å². The molecule has 0 fully saturated rings. The molecule has 0 aliphatic rings. The van der Waals surface area contributed by atoms with Crippen LogP contribution in [0.2, 0.25) is 0 Å². The highest BCUT2D eigenvalue weighted by Crippen LogP contribution is 2.15. The largest absolute Gasteiger partial charge is 0.462 e. The van der Waals surface area contributed by atoms with E-state index in [2.05, 4.69) is 167 Å². The van der Waals surface area contributed by atoms with Crippen LogP contribution in [0.4, 0.5) is 0 Å². The molecule has 0 rings (SSSR count). The highest BCUT2D eigenvalue weighted by atomic mass is 16.6. The SMILES string of the molecule is CC/C=C\C/C=C\C/C=C\C/C=C\C/C=C\C/C=C\C/C=C\CCCCCCCCCC(=O)OCC(COC(=O)CCCCCCCCCCCC)OC(=O)CCCCCCCCC/C=C\C/C=C\C/C=C\C/C=C\C/C=C\CC. The Hall–Kier alpha value is -4.71. The lowest BCUT2D eigenvalue weighted by Crippen LogP contribution is -2.30. The average Bonchev–Trinajstić information content (AvgIpc) is 3.46. The fraction of sp³-hybridized carbons (Fsp3) is 0.635. The Morgan fingerprint density at radius 1 is 0.263 bits per heavy atom. The summed E-state index contributed by atoms with van der Waals surface area (Å²) in [6.45, 7) is 6.39. The van der Waals surface area contributed by atoms with Gasteiger partial charge < -0.3 is 14.2 Å². The van der Waals surface area contributed by atoms with Gasteiger partial charge in [0, 0.05) is 19.3 Å². The van der Waals surface area contributed by atoms with Crippen molar-refractivity contribution in [1.29, 1.82) is 0 Å². The van der Waals surface area contributed by atoms with E-state index < -0.39 is 6.10 Å². The van der Waals surface area contributed by atoms with Crippen LogP contribution in [-0.4, -0.2) is 37.2 Å². The van der Waals surface area contributed by atoms with Crippen molar-refractivity contribution in [3.05, 3.63) is 146 Å². The minimum absolute atomic E-state index is 0.0888. The minimum atomic E-state index is -0.794. The smallest absolute Gasteiger partial charge is 0.306 e. The molecule has 6 nitrogen and oxygen atoms in total. The molecule has 0 spiro atoms. The van der Waals surface area contributed by atoms with E-state index in [0.717, 1.165) is 148 Å². The predicted molar refractivity (Wildman–Crippen MR) is 348 cm³/mol. The second kappa shape index (κ2) is 66.8. The van der Waals surface area contributed by atoms with Gasteiger partial charge in [0.2, 0.25) is 0 Å². The number of allylic oxidation sites excluding steroid dienone is 24. The van der Waals surface area contributed by atoms with Crippen molar-refractivity contribution in [2.75, 3.05) is 13.2 Å². The summed E-state index contributed by atoms with van der Waals surface area (Å²) in [6, 6.07) is 0. The Labute approximate surface area is 493 Å². The van der Waals surface area contributed by atoms with Gasteiger partial charge in [-0.25, -0.2) is 0 Å². The molecular formula is C74H120O6. The quantitative estimate of drug-likeness (QED) is 0.0261. The third-order valence-corrected chi connectivity index (χ3v) is 13.6. The topological polar surface area (TPSA) is 78.9 Å². The number of carbonyl (C=O) groups is 3. The maximum atomic E-state index is 12.9. The first-order chi connectivity index (χ1) is 39.5. The summed E-state index contributed by atoms with van der Waals surface area (Å²) in [5.41, 5.74) is 0. The van der Waals surface area contributed by atoms with Crippen LogP contribution in [0.25, 0.3) is 0 Å². The highest BCUT2D eigenvalue weighted by Gasteiger charge is 2.19. The second-order valence-corrected chi connectivity index (χ2v) is 21.3. The summed E-state index contributed by atoms with van der Waals surface area (Å²) < 4.78 is 16.9. The van der Waals surface area contributed by atoms with Gasteiger partial charge in [-0.1, -0.05) is 289 Å². The van der Waals surface area contributed by atoms with Crippen molar-refractivity contribution < 1.29 is 28.6 Å². The van der Waals surface area contributed by atoms with Gasteiger partial charge in [0.05, 0.1) is 0 Å². The molecule has 0 aliphatic carbocycles. The fourth-order valence-corrected chi connectivity index (χ4v) is 8.74. The van der Waals surface area contributed by atoms with Crippen molar-refractivity contribution in [2.24, 2.45) is 0 Å². The number of rotatable bonds is 58. The predicted octanol–water partition coefficient (Wildman–Crippen LogP) is 22.7. The molecular weight excluding hydrogens is 985 g/mol. The summed E-state index contributed by atoms with van der Waals surface area (Å²) in [5.74, 6) is -0.912. The molecule has 0 aromatic carbocycles. The number of unbranched alkanes of at least 4 members (excludes halogenated alkanes) is 23. The van der Waals surface area contributed by atoms with Gasteiger partial charge in [-0.05, 0) is 122 Å². The first-order valence-corrected chi connectivity index (χ1v) is 32.8. The van der Waals surface area contributed by atoms with Gasteiger partial charge in [0.1, 0.15) is 13.2 Å². The lowest BCUT2D eigenvalue weighted by Gasteiger charge is -2.18. The van der Waals surface area contributed by atoms with Crippen LogP contribution < -0.4 is 0 Å². The third kappa shape index (κ3) is 64.1. The van der Waals surface area contributed by atoms with E-state index in [-0.39, 0.29) is 31.1 Å². The lowest BCUT2D eigenvalue weighted by molar-refractivity contribution is -0.167. The zero-order valence-corrected chi connectivity index (χ0v) is 51.8. The van der Waals surface area contributed by atoms with Gasteiger partial charge in [0.25, 0.3) is 0 Å². The summed E-state index contributed by atoms with van der Waals surface area (Å²) in [5, 5.41) is 0. The maximum absolute atomic E-state index is 12.9. The van der Waals surface area contributed by atoms with Crippen LogP contribution in [-0.2, 0) is 28.6 Å². The van der Waals surface area contributed by atoms with Crippen LogP contribution in [0, 0.1) is 0 Å². The molecule has 6 heteroatoms. The third-order valence-electron chi connectivity index (χ3n) is 13.6. The Balaban J connectivity index is 4.32. The summed E-state index contributed by atoms with van der Waals surface area (Å²) in [6.07, 6.45) is 95.7. The van der Waals surface area contributed by atoms with Gasteiger partial charge in [-0.2, -0.15) is 0 Å². The average molecular weight is 1110 g/mol. The summed E-state index contributed by atoms with van der Waals surface area (Å²) in [7, 11) is 0. The summed E-state index contributed by atoms with van der Waals surface area (Å²) in [4.78, 5) is 38.3. The molecule has 0 heterocycles. The monoisotopic (exact) mass is 1100 g/mol. The molecule has 0 aliphatic heterocycles. The van der Waals surface area contributed by atoms with E-state index in [1.807, 2.05) is 0 Å². The molecule has 80 heavy (non-hydrogen) atoms. The van der Waals surface area contributed by atoms with Gasteiger partial charge in [0.15, 0.2) is 6.10 Å². The van der Waals surface area contributed by atoms with E-state index in [1.54, 1.807) is 0 Å². The van der Waals surface area contributed by atoms with Crippen molar-refractivity contribution in [2.45, 2.75) is 290 Å². The highest BCUT2D eigenvalue weighted by molar-refractivity contribution is 5.71. The Bertz CT molecular complexity index is 1750. The molecule has 0 saturated heterocycles. The van der Waals surface area contributed by atoms with Crippen LogP contribution in [0.3, 0.4) is 0 Å². The van der Waals surface area contributed by atoms with Crippen molar-refractivity contribution in [3.63, 3.8) is 0 Å². The molecule has 1 unspecified atom stereocenters. The normalized spacial score (nSPS) is 13.1. The van der Waals surface area contributed by atoms with Gasteiger partial charge in [-0.15, -0.1) is 0 Å². The fourth-order valence-electron chi connectivity index (χ4n) is 8.74. The van der Waals surface area contributed by atoms with Crippen LogP contribution in [0.1, 0.15) is 284 Å². The number of hydrogen-bond donors (Lipinski definition) is 0. The second-order valence-electron chi connectivity index (χ2n) is 21.3. The Kier molecular flexibility index (Phi) is 62.9. The molecule has 0 aromatic heterocycles. The number of esters is 3.